The van der Waals surface area contributed by atoms with Crippen molar-refractivity contribution >= 4 is 20.6 Å². The van der Waals surface area contributed by atoms with Crippen LogP contribution in [0.2, 0.25) is 0 Å². The van der Waals surface area contributed by atoms with E-state index >= 15 is 0 Å². The first-order valence-corrected chi connectivity index (χ1v) is 12.2. The minimum atomic E-state index is -3.48. The van der Waals surface area contributed by atoms with E-state index in [1.807, 2.05) is 24.3 Å². The maximum Gasteiger partial charge on any atom is 0.199 e. The van der Waals surface area contributed by atoms with Gasteiger partial charge in [-0.3, -0.25) is 0 Å². The number of hydrogen-bond donors (Lipinski definition) is 0. The first-order valence-electron chi connectivity index (χ1n) is 10.6. The lowest BCUT2D eigenvalue weighted by Gasteiger charge is -2.12. The molecule has 0 aliphatic rings. The van der Waals surface area contributed by atoms with Crippen molar-refractivity contribution in [3.05, 3.63) is 48.4 Å². The number of rotatable bonds is 14. The average molecular weight is 403 g/mol. The smallest absolute Gasteiger partial charge is 0.199 e. The molecule has 0 unspecified atom stereocenters. The average Bonchev–Trinajstić information content (AvgIpc) is 2.71. The molecule has 0 bridgehead atoms. The van der Waals surface area contributed by atoms with Crippen LogP contribution >= 0.6 is 0 Å². The summed E-state index contributed by atoms with van der Waals surface area (Å²) < 4.78 is 30.4. The Balaban J connectivity index is 1.79. The first-order chi connectivity index (χ1) is 13.6. The van der Waals surface area contributed by atoms with Crippen LogP contribution in [0.1, 0.15) is 71.1 Å². The highest BCUT2D eigenvalue weighted by molar-refractivity contribution is 7.94. The maximum atomic E-state index is 12.2. The maximum absolute atomic E-state index is 12.2. The second-order valence-corrected chi connectivity index (χ2v) is 9.21. The summed E-state index contributed by atoms with van der Waals surface area (Å²) in [5.74, 6) is 0.745. The molecule has 4 heteroatoms. The third-order valence-corrected chi connectivity index (χ3v) is 6.53. The normalized spacial score (nSPS) is 11.6. The van der Waals surface area contributed by atoms with Crippen LogP contribution in [-0.4, -0.2) is 15.0 Å². The monoisotopic (exact) mass is 402 g/mol. The van der Waals surface area contributed by atoms with E-state index in [1.165, 1.54) is 57.8 Å². The van der Waals surface area contributed by atoms with Gasteiger partial charge in [0.2, 0.25) is 0 Å². The van der Waals surface area contributed by atoms with E-state index in [9.17, 15) is 8.42 Å². The molecule has 0 aliphatic carbocycles. The molecule has 0 amide bonds. The zero-order valence-electron chi connectivity index (χ0n) is 17.2. The lowest BCUT2D eigenvalue weighted by Crippen LogP contribution is -2.01. The number of fused-ring (bicyclic) bond motifs is 1. The molecule has 2 aromatic rings. The van der Waals surface area contributed by atoms with Crippen molar-refractivity contribution in [2.75, 3.05) is 6.61 Å². The van der Waals surface area contributed by atoms with Crippen molar-refractivity contribution in [2.45, 2.75) is 76.0 Å². The van der Waals surface area contributed by atoms with Crippen LogP contribution in [0.5, 0.6) is 5.75 Å². The van der Waals surface area contributed by atoms with E-state index < -0.39 is 9.84 Å². The van der Waals surface area contributed by atoms with Gasteiger partial charge in [0.25, 0.3) is 0 Å². The molecule has 0 heterocycles. The third-order valence-electron chi connectivity index (χ3n) is 5.13. The highest BCUT2D eigenvalue weighted by Crippen LogP contribution is 2.32. The SMILES string of the molecule is C=CS(=O)(=O)c1ccc(OCCCCCCCCCCCC)c2ccccc12. The summed E-state index contributed by atoms with van der Waals surface area (Å²) in [6, 6.07) is 10.9. The second kappa shape index (κ2) is 11.9. The minimum absolute atomic E-state index is 0.282. The molecule has 0 aliphatic heterocycles. The molecular formula is C24H34O3S. The Bertz CT molecular complexity index is 840. The van der Waals surface area contributed by atoms with Crippen molar-refractivity contribution in [1.29, 1.82) is 0 Å². The van der Waals surface area contributed by atoms with Crippen LogP contribution in [0.3, 0.4) is 0 Å². The lowest BCUT2D eigenvalue weighted by molar-refractivity contribution is 0.307. The van der Waals surface area contributed by atoms with Crippen LogP contribution in [-0.2, 0) is 9.84 Å². The summed E-state index contributed by atoms with van der Waals surface area (Å²) in [6.07, 6.45) is 12.9. The third kappa shape index (κ3) is 6.66. The molecule has 154 valence electrons. The molecule has 0 saturated carbocycles. The molecule has 0 saturated heterocycles. The molecular weight excluding hydrogens is 368 g/mol. The summed E-state index contributed by atoms with van der Waals surface area (Å²) in [7, 11) is -3.48. The number of ether oxygens (including phenoxy) is 1. The summed E-state index contributed by atoms with van der Waals surface area (Å²) >= 11 is 0. The van der Waals surface area contributed by atoms with Crippen LogP contribution in [0, 0.1) is 0 Å². The molecule has 0 fully saturated rings. The summed E-state index contributed by atoms with van der Waals surface area (Å²) in [4.78, 5) is 0.282. The Morgan fingerprint density at radius 1 is 0.821 bits per heavy atom. The molecule has 0 aromatic heterocycles. The molecule has 0 N–H and O–H groups in total. The van der Waals surface area contributed by atoms with E-state index in [4.69, 9.17) is 4.74 Å². The summed E-state index contributed by atoms with van der Waals surface area (Å²) in [5.41, 5.74) is 0. The highest BCUT2D eigenvalue weighted by Gasteiger charge is 2.15. The van der Waals surface area contributed by atoms with Crippen molar-refractivity contribution in [2.24, 2.45) is 0 Å². The standard InChI is InChI=1S/C24H34O3S/c1-3-5-6-7-8-9-10-11-12-15-20-27-23-18-19-24(28(25,26)4-2)22-17-14-13-16-21(22)23/h4,13-14,16-19H,2-3,5-12,15,20H2,1H3. The van der Waals surface area contributed by atoms with Crippen molar-refractivity contribution in [3.63, 3.8) is 0 Å². The van der Waals surface area contributed by atoms with Crippen LogP contribution in [0.15, 0.2) is 53.3 Å². The fourth-order valence-electron chi connectivity index (χ4n) is 3.48. The van der Waals surface area contributed by atoms with Gasteiger partial charge in [0.05, 0.1) is 11.5 Å². The van der Waals surface area contributed by atoms with Gasteiger partial charge in [-0.15, -0.1) is 0 Å². The molecule has 3 nitrogen and oxygen atoms in total. The summed E-state index contributed by atoms with van der Waals surface area (Å²) in [5, 5.41) is 2.51. The Morgan fingerprint density at radius 2 is 1.39 bits per heavy atom. The zero-order chi connectivity index (χ0) is 20.2. The zero-order valence-corrected chi connectivity index (χ0v) is 18.0. The quantitative estimate of drug-likeness (QED) is 0.318. The second-order valence-electron chi connectivity index (χ2n) is 7.35. The van der Waals surface area contributed by atoms with Gasteiger partial charge < -0.3 is 4.74 Å². The number of benzene rings is 2. The van der Waals surface area contributed by atoms with Crippen molar-refractivity contribution in [1.82, 2.24) is 0 Å². The van der Waals surface area contributed by atoms with Gasteiger partial charge in [-0.25, -0.2) is 8.42 Å². The van der Waals surface area contributed by atoms with E-state index in [2.05, 4.69) is 13.5 Å². The number of unbranched alkanes of at least 4 members (excludes halogenated alkanes) is 9. The first kappa shape index (κ1) is 22.5. The van der Waals surface area contributed by atoms with Crippen molar-refractivity contribution < 1.29 is 13.2 Å². The van der Waals surface area contributed by atoms with E-state index in [-0.39, 0.29) is 4.90 Å². The Hall–Kier alpha value is -1.81. The van der Waals surface area contributed by atoms with Gasteiger partial charge in [-0.2, -0.15) is 0 Å². The van der Waals surface area contributed by atoms with Gasteiger partial charge in [0.15, 0.2) is 9.84 Å². The van der Waals surface area contributed by atoms with Gasteiger partial charge >= 0.3 is 0 Å². The number of hydrogen-bond acceptors (Lipinski definition) is 3. The van der Waals surface area contributed by atoms with E-state index in [0.29, 0.717) is 12.0 Å². The van der Waals surface area contributed by atoms with E-state index in [0.717, 1.165) is 23.0 Å². The summed E-state index contributed by atoms with van der Waals surface area (Å²) in [6.45, 7) is 6.34. The lowest BCUT2D eigenvalue weighted by atomic mass is 10.1. The fourth-order valence-corrected chi connectivity index (χ4v) is 4.40. The molecule has 0 atom stereocenters. The van der Waals surface area contributed by atoms with Crippen LogP contribution in [0.4, 0.5) is 0 Å². The van der Waals surface area contributed by atoms with Crippen molar-refractivity contribution in [3.8, 4) is 5.75 Å². The molecule has 2 rings (SSSR count). The molecule has 2 aromatic carbocycles. The minimum Gasteiger partial charge on any atom is -0.493 e. The van der Waals surface area contributed by atoms with Gasteiger partial charge in [-0.1, -0.05) is 95.6 Å². The van der Waals surface area contributed by atoms with Gasteiger partial charge in [0.1, 0.15) is 5.75 Å². The topological polar surface area (TPSA) is 43.4 Å². The van der Waals surface area contributed by atoms with Gasteiger partial charge in [-0.05, 0) is 18.6 Å². The molecule has 28 heavy (non-hydrogen) atoms. The predicted octanol–water partition coefficient (Wildman–Crippen LogP) is 7.06. The van der Waals surface area contributed by atoms with Gasteiger partial charge in [0, 0.05) is 16.2 Å². The largest absolute Gasteiger partial charge is 0.493 e. The Morgan fingerprint density at radius 3 is 2.00 bits per heavy atom. The fraction of sp³-hybridized carbons (Fsp3) is 0.500. The van der Waals surface area contributed by atoms with Crippen LogP contribution in [0.25, 0.3) is 10.8 Å². The van der Waals surface area contributed by atoms with Crippen LogP contribution < -0.4 is 4.74 Å². The molecule has 0 radical (unpaired) electrons. The Labute approximate surface area is 170 Å². The highest BCUT2D eigenvalue weighted by atomic mass is 32.2. The predicted molar refractivity (Wildman–Crippen MR) is 119 cm³/mol. The Kier molecular flexibility index (Phi) is 9.56. The van der Waals surface area contributed by atoms with E-state index in [1.54, 1.807) is 12.1 Å². The number of sulfone groups is 1. The molecule has 0 spiro atoms.